The van der Waals surface area contributed by atoms with Crippen LogP contribution in [0.25, 0.3) is 0 Å². The van der Waals surface area contributed by atoms with Crippen LogP contribution in [0.4, 0.5) is 0 Å². The Labute approximate surface area is 139 Å². The van der Waals surface area contributed by atoms with Crippen molar-refractivity contribution in [2.24, 2.45) is 5.41 Å². The number of rotatable bonds is 7. The fourth-order valence-corrected chi connectivity index (χ4v) is 3.42. The molecule has 8 nitrogen and oxygen atoms in total. The molecule has 0 spiro atoms. The lowest BCUT2D eigenvalue weighted by Gasteiger charge is -2.29. The van der Waals surface area contributed by atoms with Gasteiger partial charge in [0.05, 0.1) is 11.3 Å². The molecule has 1 amide bonds. The van der Waals surface area contributed by atoms with Crippen molar-refractivity contribution < 1.29 is 23.1 Å². The van der Waals surface area contributed by atoms with E-state index in [1.165, 1.54) is 16.7 Å². The lowest BCUT2D eigenvalue weighted by Crippen LogP contribution is -2.53. The Bertz CT molecular complexity index is 676. The third kappa shape index (κ3) is 6.63. The first-order valence-corrected chi connectivity index (χ1v) is 9.60. The molecule has 23 heavy (non-hydrogen) atoms. The highest BCUT2D eigenvalue weighted by atomic mass is 32.2. The highest BCUT2D eigenvalue weighted by Crippen LogP contribution is 2.20. The van der Waals surface area contributed by atoms with Gasteiger partial charge in [-0.2, -0.15) is 0 Å². The lowest BCUT2D eigenvalue weighted by molar-refractivity contribution is -0.124. The summed E-state index contributed by atoms with van der Waals surface area (Å²) in [6.07, 6.45) is 1.38. The lowest BCUT2D eigenvalue weighted by atomic mass is 9.87. The summed E-state index contributed by atoms with van der Waals surface area (Å²) in [5.41, 5.74) is -0.618. The van der Waals surface area contributed by atoms with Crippen molar-refractivity contribution in [2.45, 2.75) is 33.2 Å². The number of hydrogen-bond donors (Lipinski definition) is 3. The minimum atomic E-state index is -3.52. The number of carbonyl (C=O) groups excluding carboxylic acids is 1. The van der Waals surface area contributed by atoms with Gasteiger partial charge in [-0.25, -0.2) is 22.9 Å². The molecular formula is C13H21N3O5S2. The average Bonchev–Trinajstić information content (AvgIpc) is 2.82. The number of sulfonamides is 1. The number of nitrogens with one attached hydrogen (secondary N) is 2. The second-order valence-electron chi connectivity index (χ2n) is 6.16. The number of aromatic carboxylic acids is 1. The van der Waals surface area contributed by atoms with E-state index >= 15 is 0 Å². The minimum absolute atomic E-state index is 0.0253. The van der Waals surface area contributed by atoms with Crippen LogP contribution in [0.2, 0.25) is 0 Å². The van der Waals surface area contributed by atoms with Crippen molar-refractivity contribution in [2.75, 3.05) is 12.8 Å². The zero-order chi connectivity index (χ0) is 17.8. The van der Waals surface area contributed by atoms with Crippen LogP contribution in [-0.2, 0) is 21.2 Å². The Hall–Kier alpha value is -1.52. The summed E-state index contributed by atoms with van der Waals surface area (Å²) in [6, 6.07) is -0.900. The monoisotopic (exact) mass is 363 g/mol. The molecule has 0 bridgehead atoms. The molecule has 1 unspecified atom stereocenters. The van der Waals surface area contributed by atoms with Crippen molar-refractivity contribution in [3.8, 4) is 0 Å². The van der Waals surface area contributed by atoms with E-state index in [9.17, 15) is 18.0 Å². The van der Waals surface area contributed by atoms with Gasteiger partial charge in [-0.15, -0.1) is 11.3 Å². The maximum Gasteiger partial charge on any atom is 0.355 e. The van der Waals surface area contributed by atoms with E-state index in [0.717, 1.165) is 6.26 Å². The number of carboxylic acid groups (broad SMARTS) is 1. The van der Waals surface area contributed by atoms with Gasteiger partial charge in [0.1, 0.15) is 6.04 Å². The molecule has 1 aromatic heterocycles. The van der Waals surface area contributed by atoms with Gasteiger partial charge in [-0.1, -0.05) is 20.8 Å². The van der Waals surface area contributed by atoms with Crippen molar-refractivity contribution >= 4 is 33.2 Å². The fraction of sp³-hybridized carbons (Fsp3) is 0.615. The maximum atomic E-state index is 12.2. The quantitative estimate of drug-likeness (QED) is 0.646. The maximum absolute atomic E-state index is 12.2. The zero-order valence-corrected chi connectivity index (χ0v) is 15.0. The molecule has 1 atom stereocenters. The van der Waals surface area contributed by atoms with Crippen molar-refractivity contribution in [3.05, 3.63) is 16.1 Å². The first-order valence-electron chi connectivity index (χ1n) is 6.83. The zero-order valence-electron chi connectivity index (χ0n) is 13.4. The van der Waals surface area contributed by atoms with E-state index in [1.807, 2.05) is 0 Å². The Morgan fingerprint density at radius 1 is 1.39 bits per heavy atom. The van der Waals surface area contributed by atoms with Gasteiger partial charge < -0.3 is 10.4 Å². The van der Waals surface area contributed by atoms with Gasteiger partial charge >= 0.3 is 5.97 Å². The van der Waals surface area contributed by atoms with Crippen LogP contribution in [0.3, 0.4) is 0 Å². The molecule has 0 aliphatic heterocycles. The third-order valence-electron chi connectivity index (χ3n) is 2.87. The Kier molecular flexibility index (Phi) is 6.25. The first-order chi connectivity index (χ1) is 10.4. The molecule has 0 saturated carbocycles. The normalized spacial score (nSPS) is 13.6. The summed E-state index contributed by atoms with van der Waals surface area (Å²) >= 11 is 1.20. The highest BCUT2D eigenvalue weighted by molar-refractivity contribution is 7.88. The largest absolute Gasteiger partial charge is 0.476 e. The van der Waals surface area contributed by atoms with Gasteiger partial charge in [0.15, 0.2) is 5.69 Å². The van der Waals surface area contributed by atoms with Crippen LogP contribution >= 0.6 is 11.3 Å². The number of carbonyl (C=O) groups is 2. The predicted octanol–water partition coefficient (Wildman–Crippen LogP) is 0.464. The van der Waals surface area contributed by atoms with E-state index in [4.69, 9.17) is 5.11 Å². The van der Waals surface area contributed by atoms with Crippen LogP contribution in [0.15, 0.2) is 5.38 Å². The molecular weight excluding hydrogens is 342 g/mol. The van der Waals surface area contributed by atoms with E-state index in [-0.39, 0.29) is 12.2 Å². The molecule has 0 aliphatic carbocycles. The van der Waals surface area contributed by atoms with Crippen LogP contribution < -0.4 is 10.0 Å². The summed E-state index contributed by atoms with van der Waals surface area (Å²) in [5.74, 6) is -1.53. The number of thiazole rings is 1. The summed E-state index contributed by atoms with van der Waals surface area (Å²) in [7, 11) is -3.52. The van der Waals surface area contributed by atoms with Crippen molar-refractivity contribution in [1.82, 2.24) is 15.0 Å². The molecule has 130 valence electrons. The van der Waals surface area contributed by atoms with Gasteiger partial charge in [-0.3, -0.25) is 4.79 Å². The number of nitrogens with zero attached hydrogens (tertiary/aromatic N) is 1. The van der Waals surface area contributed by atoms with Crippen LogP contribution in [0.1, 0.15) is 36.3 Å². The van der Waals surface area contributed by atoms with Crippen molar-refractivity contribution in [3.63, 3.8) is 0 Å². The molecule has 0 aliphatic rings. The number of amides is 1. The van der Waals surface area contributed by atoms with Crippen molar-refractivity contribution in [1.29, 1.82) is 0 Å². The molecule has 0 radical (unpaired) electrons. The molecule has 1 heterocycles. The van der Waals surface area contributed by atoms with Gasteiger partial charge in [0.25, 0.3) is 0 Å². The van der Waals surface area contributed by atoms with E-state index in [1.54, 1.807) is 20.8 Å². The molecule has 1 aromatic rings. The predicted molar refractivity (Wildman–Crippen MR) is 87.0 cm³/mol. The molecule has 0 saturated heterocycles. The standard InChI is InChI=1S/C13H21N3O5S2/c1-13(2,3)10(16-23(4,20)21)11(17)14-6-5-9-15-8(7-22-9)12(18)19/h7,10,16H,5-6H2,1-4H3,(H,14,17)(H,18,19). The van der Waals surface area contributed by atoms with Gasteiger partial charge in [0, 0.05) is 18.3 Å². The molecule has 10 heteroatoms. The second-order valence-corrected chi connectivity index (χ2v) is 8.88. The summed E-state index contributed by atoms with van der Waals surface area (Å²) in [5, 5.41) is 13.5. The Morgan fingerprint density at radius 3 is 2.43 bits per heavy atom. The van der Waals surface area contributed by atoms with E-state index < -0.39 is 33.4 Å². The van der Waals surface area contributed by atoms with E-state index in [0.29, 0.717) is 11.4 Å². The second kappa shape index (κ2) is 7.37. The molecule has 0 aromatic carbocycles. The summed E-state index contributed by atoms with van der Waals surface area (Å²) < 4.78 is 25.1. The van der Waals surface area contributed by atoms with Gasteiger partial charge in [-0.05, 0) is 5.41 Å². The average molecular weight is 363 g/mol. The molecule has 3 N–H and O–H groups in total. The molecule has 0 fully saturated rings. The highest BCUT2D eigenvalue weighted by Gasteiger charge is 2.33. The first kappa shape index (κ1) is 19.5. The minimum Gasteiger partial charge on any atom is -0.476 e. The Balaban J connectivity index is 2.63. The smallest absolute Gasteiger partial charge is 0.355 e. The number of carboxylic acids is 1. The fourth-order valence-electron chi connectivity index (χ4n) is 1.76. The van der Waals surface area contributed by atoms with Crippen LogP contribution in [0, 0.1) is 5.41 Å². The van der Waals surface area contributed by atoms with Crippen LogP contribution in [0.5, 0.6) is 0 Å². The third-order valence-corrected chi connectivity index (χ3v) is 4.44. The van der Waals surface area contributed by atoms with E-state index in [2.05, 4.69) is 15.0 Å². The Morgan fingerprint density at radius 2 is 2.00 bits per heavy atom. The number of aromatic nitrogens is 1. The summed E-state index contributed by atoms with van der Waals surface area (Å²) in [6.45, 7) is 5.52. The number of hydrogen-bond acceptors (Lipinski definition) is 6. The van der Waals surface area contributed by atoms with Crippen LogP contribution in [-0.4, -0.2) is 49.2 Å². The van der Waals surface area contributed by atoms with Gasteiger partial charge in [0.2, 0.25) is 15.9 Å². The molecule has 1 rings (SSSR count). The topological polar surface area (TPSA) is 125 Å². The summed E-state index contributed by atoms with van der Waals surface area (Å²) in [4.78, 5) is 26.9. The SMILES string of the molecule is CC(C)(C)C(NS(C)(=O)=O)C(=O)NCCc1nc(C(=O)O)cs1.